The van der Waals surface area contributed by atoms with Crippen molar-refractivity contribution in [1.29, 1.82) is 0 Å². The number of nitrogens with zero attached hydrogens (tertiary/aromatic N) is 1. The molecule has 2 aromatic rings. The first-order chi connectivity index (χ1) is 11.9. The van der Waals surface area contributed by atoms with Crippen molar-refractivity contribution in [2.45, 2.75) is 17.7 Å². The Labute approximate surface area is 158 Å². The second kappa shape index (κ2) is 7.94. The highest BCUT2D eigenvalue weighted by Crippen LogP contribution is 2.37. The van der Waals surface area contributed by atoms with Gasteiger partial charge in [-0.3, -0.25) is 0 Å². The molecule has 1 aliphatic heterocycles. The molecule has 0 atom stereocenters. The van der Waals surface area contributed by atoms with Crippen molar-refractivity contribution in [1.82, 2.24) is 0 Å². The van der Waals surface area contributed by atoms with E-state index in [4.69, 9.17) is 5.14 Å². The van der Waals surface area contributed by atoms with Gasteiger partial charge in [0.05, 0.1) is 16.9 Å². The highest BCUT2D eigenvalue weighted by molar-refractivity contribution is 7.89. The highest BCUT2D eigenvalue weighted by atomic mass is 35.5. The molecule has 0 spiro atoms. The van der Waals surface area contributed by atoms with Crippen molar-refractivity contribution in [3.05, 3.63) is 48.0 Å². The predicted octanol–water partition coefficient (Wildman–Crippen LogP) is 2.80. The summed E-state index contributed by atoms with van der Waals surface area (Å²) in [7, 11) is -4.11. The van der Waals surface area contributed by atoms with Gasteiger partial charge in [-0.1, -0.05) is 18.2 Å². The van der Waals surface area contributed by atoms with Crippen molar-refractivity contribution < 1.29 is 18.3 Å². The molecule has 9 heteroatoms. The maximum Gasteiger partial charge on any atom is 0.335 e. The van der Waals surface area contributed by atoms with Crippen LogP contribution in [0, 0.1) is 0 Å². The maximum absolute atomic E-state index is 12.1. The molecule has 0 unspecified atom stereocenters. The van der Waals surface area contributed by atoms with Crippen LogP contribution in [0.15, 0.2) is 47.4 Å². The summed E-state index contributed by atoms with van der Waals surface area (Å²) in [6, 6.07) is 11.7. The fraction of sp³-hybridized carbons (Fsp3) is 0.235. The van der Waals surface area contributed by atoms with Crippen LogP contribution in [0.25, 0.3) is 0 Å². The zero-order chi connectivity index (χ0) is 18.0. The smallest absolute Gasteiger partial charge is 0.335 e. The first-order valence-corrected chi connectivity index (χ1v) is 9.42. The van der Waals surface area contributed by atoms with Crippen molar-refractivity contribution in [2.75, 3.05) is 23.3 Å². The van der Waals surface area contributed by atoms with Gasteiger partial charge in [0.15, 0.2) is 0 Å². The molecule has 140 valence electrons. The van der Waals surface area contributed by atoms with Crippen LogP contribution in [0.3, 0.4) is 0 Å². The summed E-state index contributed by atoms with van der Waals surface area (Å²) in [4.78, 5) is 13.2. The van der Waals surface area contributed by atoms with E-state index in [-0.39, 0.29) is 22.9 Å². The number of carboxylic acids is 1. The Balaban J connectivity index is 0.00000243. The minimum absolute atomic E-state index is 0. The fourth-order valence-corrected chi connectivity index (χ4v) is 3.68. The van der Waals surface area contributed by atoms with Crippen molar-refractivity contribution >= 4 is 45.5 Å². The van der Waals surface area contributed by atoms with Crippen molar-refractivity contribution in [3.63, 3.8) is 0 Å². The number of sulfonamides is 1. The third-order valence-corrected chi connectivity index (χ3v) is 5.06. The van der Waals surface area contributed by atoms with Gasteiger partial charge in [-0.2, -0.15) is 0 Å². The Kier molecular flexibility index (Phi) is 6.12. The number of nitrogens with two attached hydrogens (primary N) is 1. The maximum atomic E-state index is 12.1. The Morgan fingerprint density at radius 3 is 2.27 bits per heavy atom. The summed E-state index contributed by atoms with van der Waals surface area (Å²) in [6.07, 6.45) is 1.93. The molecule has 1 fully saturated rings. The van der Waals surface area contributed by atoms with Gasteiger partial charge in [0, 0.05) is 18.8 Å². The number of aromatic carboxylic acids is 1. The van der Waals surface area contributed by atoms with Crippen molar-refractivity contribution in [2.24, 2.45) is 5.14 Å². The average Bonchev–Trinajstić information content (AvgIpc) is 3.09. The van der Waals surface area contributed by atoms with E-state index in [9.17, 15) is 18.3 Å². The first-order valence-electron chi connectivity index (χ1n) is 7.87. The average molecular weight is 398 g/mol. The number of carbonyl (C=O) groups is 1. The van der Waals surface area contributed by atoms with Crippen LogP contribution in [-0.4, -0.2) is 32.6 Å². The number of carboxylic acid groups (broad SMARTS) is 1. The fourth-order valence-electron chi connectivity index (χ4n) is 2.95. The molecule has 1 saturated heterocycles. The highest BCUT2D eigenvalue weighted by Gasteiger charge is 2.25. The Hall–Kier alpha value is -2.29. The molecule has 0 saturated carbocycles. The van der Waals surface area contributed by atoms with Gasteiger partial charge in [0.2, 0.25) is 10.0 Å². The van der Waals surface area contributed by atoms with Gasteiger partial charge in [-0.25, -0.2) is 18.4 Å². The van der Waals surface area contributed by atoms with Gasteiger partial charge in [0.25, 0.3) is 0 Å². The normalized spacial score (nSPS) is 14.0. The number of anilines is 3. The van der Waals surface area contributed by atoms with E-state index in [2.05, 4.69) is 5.32 Å². The summed E-state index contributed by atoms with van der Waals surface area (Å²) in [5.41, 5.74) is 1.42. The molecule has 0 aromatic heterocycles. The first kappa shape index (κ1) is 20.0. The lowest BCUT2D eigenvalue weighted by atomic mass is 10.1. The summed E-state index contributed by atoms with van der Waals surface area (Å²) in [5.74, 6) is -1.20. The molecule has 0 aliphatic carbocycles. The van der Waals surface area contributed by atoms with E-state index >= 15 is 0 Å². The minimum atomic E-state index is -4.11. The number of primary sulfonamides is 1. The monoisotopic (exact) mass is 397 g/mol. The summed E-state index contributed by atoms with van der Waals surface area (Å²) in [6.45, 7) is 1.47. The van der Waals surface area contributed by atoms with Crippen LogP contribution in [0.5, 0.6) is 0 Å². The van der Waals surface area contributed by atoms with Crippen LogP contribution < -0.4 is 15.4 Å². The summed E-state index contributed by atoms with van der Waals surface area (Å²) < 4.78 is 24.2. The molecule has 26 heavy (non-hydrogen) atoms. The molecule has 0 bridgehead atoms. The van der Waals surface area contributed by atoms with Gasteiger partial charge >= 0.3 is 5.97 Å². The molecule has 0 radical (unpaired) electrons. The lowest BCUT2D eigenvalue weighted by Crippen LogP contribution is -2.22. The quantitative estimate of drug-likeness (QED) is 0.715. The van der Waals surface area contributed by atoms with E-state index in [1.54, 1.807) is 12.1 Å². The number of rotatable bonds is 5. The molecule has 3 rings (SSSR count). The number of hydrogen-bond donors (Lipinski definition) is 3. The second-order valence-electron chi connectivity index (χ2n) is 5.90. The van der Waals surface area contributed by atoms with Gasteiger partial charge in [0.1, 0.15) is 4.90 Å². The summed E-state index contributed by atoms with van der Waals surface area (Å²) in [5, 5.41) is 17.8. The molecule has 0 amide bonds. The molecular weight excluding hydrogens is 378 g/mol. The Morgan fingerprint density at radius 1 is 1.12 bits per heavy atom. The third kappa shape index (κ3) is 4.27. The number of halogens is 1. The molecule has 7 nitrogen and oxygen atoms in total. The second-order valence-corrected chi connectivity index (χ2v) is 7.43. The van der Waals surface area contributed by atoms with Crippen LogP contribution >= 0.6 is 12.4 Å². The van der Waals surface area contributed by atoms with Gasteiger partial charge in [-0.05, 0) is 37.1 Å². The van der Waals surface area contributed by atoms with E-state index in [0.29, 0.717) is 17.1 Å². The molecule has 4 N–H and O–H groups in total. The van der Waals surface area contributed by atoms with Gasteiger partial charge in [-0.15, -0.1) is 12.4 Å². The molecular formula is C17H20ClN3O4S. The third-order valence-electron chi connectivity index (χ3n) is 4.12. The standard InChI is InChI=1S/C17H19N3O4S.ClH/c18-25(23,24)15-11-12(17(21)22)10-14(20-8-4-5-9-20)16(15)19-13-6-2-1-3-7-13;/h1-3,6-7,10-11,19H,4-5,8-9H2,(H,21,22)(H2,18,23,24);1H. The zero-order valence-corrected chi connectivity index (χ0v) is 15.5. The Bertz CT molecular complexity index is 898. The number of hydrogen-bond acceptors (Lipinski definition) is 5. The Morgan fingerprint density at radius 2 is 1.73 bits per heavy atom. The SMILES string of the molecule is Cl.NS(=O)(=O)c1cc(C(=O)O)cc(N2CCCC2)c1Nc1ccccc1. The van der Waals surface area contributed by atoms with Crippen LogP contribution in [0.1, 0.15) is 23.2 Å². The van der Waals surface area contributed by atoms with Crippen LogP contribution in [-0.2, 0) is 10.0 Å². The number of nitrogens with one attached hydrogen (secondary N) is 1. The van der Waals surface area contributed by atoms with E-state index in [0.717, 1.165) is 32.0 Å². The van der Waals surface area contributed by atoms with E-state index in [1.165, 1.54) is 6.07 Å². The van der Waals surface area contributed by atoms with E-state index in [1.807, 2.05) is 23.1 Å². The largest absolute Gasteiger partial charge is 0.478 e. The summed E-state index contributed by atoms with van der Waals surface area (Å²) >= 11 is 0. The van der Waals surface area contributed by atoms with Gasteiger partial charge < -0.3 is 15.3 Å². The zero-order valence-electron chi connectivity index (χ0n) is 13.9. The molecule has 1 aliphatic rings. The molecule has 2 aromatic carbocycles. The lowest BCUT2D eigenvalue weighted by molar-refractivity contribution is 0.0696. The van der Waals surface area contributed by atoms with Crippen LogP contribution in [0.4, 0.5) is 17.1 Å². The van der Waals surface area contributed by atoms with E-state index < -0.39 is 16.0 Å². The predicted molar refractivity (Wildman–Crippen MR) is 103 cm³/mol. The minimum Gasteiger partial charge on any atom is -0.478 e. The number of benzene rings is 2. The molecule has 1 heterocycles. The van der Waals surface area contributed by atoms with Crippen LogP contribution in [0.2, 0.25) is 0 Å². The lowest BCUT2D eigenvalue weighted by Gasteiger charge is -2.24. The van der Waals surface area contributed by atoms with Crippen molar-refractivity contribution in [3.8, 4) is 0 Å². The topological polar surface area (TPSA) is 113 Å². The number of para-hydroxylation sites is 1.